The summed E-state index contributed by atoms with van der Waals surface area (Å²) in [6, 6.07) is 2.92. The number of nitrogens with one attached hydrogen (secondary N) is 1. The topological polar surface area (TPSA) is 92.4 Å². The van der Waals surface area contributed by atoms with E-state index in [0.29, 0.717) is 5.69 Å². The number of urea groups is 1. The Morgan fingerprint density at radius 3 is 2.69 bits per heavy atom. The minimum absolute atomic E-state index is 0.0497. The molecule has 1 aromatic rings. The van der Waals surface area contributed by atoms with Crippen molar-refractivity contribution in [1.29, 1.82) is 0 Å². The highest BCUT2D eigenvalue weighted by molar-refractivity contribution is 5.89. The second-order valence-electron chi connectivity index (χ2n) is 2.90. The number of carboxylic acid groups (broad SMARTS) is 1. The first-order chi connectivity index (χ1) is 7.49. The number of hydrogen-bond acceptors (Lipinski definition) is 2. The van der Waals surface area contributed by atoms with Gasteiger partial charge in [0.25, 0.3) is 0 Å². The van der Waals surface area contributed by atoms with Crippen LogP contribution in [-0.2, 0) is 4.79 Å². The fourth-order valence-electron chi connectivity index (χ4n) is 1.05. The Labute approximate surface area is 90.4 Å². The van der Waals surface area contributed by atoms with Crippen LogP contribution < -0.4 is 11.1 Å². The summed E-state index contributed by atoms with van der Waals surface area (Å²) in [5.74, 6) is -1.78. The molecule has 6 heteroatoms. The highest BCUT2D eigenvalue weighted by Crippen LogP contribution is 2.15. The first kappa shape index (κ1) is 11.7. The average molecular weight is 224 g/mol. The fraction of sp³-hybridized carbons (Fsp3) is 0. The van der Waals surface area contributed by atoms with E-state index in [1.807, 2.05) is 0 Å². The molecule has 0 heterocycles. The first-order valence-electron chi connectivity index (χ1n) is 4.26. The molecule has 84 valence electrons. The fourth-order valence-corrected chi connectivity index (χ4v) is 1.05. The standard InChI is InChI=1S/C10H9FN2O3/c11-8-3-2-7(13-10(12)16)5-6(8)1-4-9(14)15/h1-5H,(H,14,15)(H3,12,13,16)/b4-1+. The van der Waals surface area contributed by atoms with Crippen molar-refractivity contribution in [3.8, 4) is 0 Å². The van der Waals surface area contributed by atoms with E-state index in [2.05, 4.69) is 5.32 Å². The number of anilines is 1. The number of carboxylic acids is 1. The second kappa shape index (κ2) is 4.92. The van der Waals surface area contributed by atoms with Crippen molar-refractivity contribution >= 4 is 23.8 Å². The molecule has 2 amide bonds. The first-order valence-corrected chi connectivity index (χ1v) is 4.26. The molecule has 0 spiro atoms. The SMILES string of the molecule is NC(=O)Nc1ccc(F)c(/C=C/C(=O)O)c1. The minimum Gasteiger partial charge on any atom is -0.478 e. The summed E-state index contributed by atoms with van der Waals surface area (Å²) in [7, 11) is 0. The van der Waals surface area contributed by atoms with Crippen LogP contribution in [0.1, 0.15) is 5.56 Å². The van der Waals surface area contributed by atoms with Gasteiger partial charge < -0.3 is 16.2 Å². The lowest BCUT2D eigenvalue weighted by Crippen LogP contribution is -2.19. The van der Waals surface area contributed by atoms with E-state index in [-0.39, 0.29) is 5.56 Å². The summed E-state index contributed by atoms with van der Waals surface area (Å²) in [5, 5.41) is 10.6. The maximum absolute atomic E-state index is 13.2. The number of amides is 2. The zero-order valence-corrected chi connectivity index (χ0v) is 8.11. The van der Waals surface area contributed by atoms with Gasteiger partial charge in [-0.15, -0.1) is 0 Å². The van der Waals surface area contributed by atoms with Crippen LogP contribution >= 0.6 is 0 Å². The number of nitrogens with two attached hydrogens (primary N) is 1. The predicted octanol–water partition coefficient (Wildman–Crippen LogP) is 1.41. The van der Waals surface area contributed by atoms with Crippen LogP contribution in [0.2, 0.25) is 0 Å². The molecule has 4 N–H and O–H groups in total. The number of halogens is 1. The van der Waals surface area contributed by atoms with Gasteiger partial charge in [0, 0.05) is 17.3 Å². The molecule has 0 fully saturated rings. The van der Waals surface area contributed by atoms with Crippen molar-refractivity contribution in [3.05, 3.63) is 35.7 Å². The molecule has 0 saturated carbocycles. The second-order valence-corrected chi connectivity index (χ2v) is 2.90. The third-order valence-corrected chi connectivity index (χ3v) is 1.67. The number of rotatable bonds is 3. The zero-order chi connectivity index (χ0) is 12.1. The molecule has 0 aromatic heterocycles. The predicted molar refractivity (Wildman–Crippen MR) is 56.3 cm³/mol. The monoisotopic (exact) mass is 224 g/mol. The molecular weight excluding hydrogens is 215 g/mol. The van der Waals surface area contributed by atoms with Gasteiger partial charge in [0.05, 0.1) is 0 Å². The number of carbonyl (C=O) groups is 2. The molecule has 0 aliphatic heterocycles. The maximum atomic E-state index is 13.2. The Balaban J connectivity index is 2.99. The Bertz CT molecular complexity index is 457. The summed E-state index contributed by atoms with van der Waals surface area (Å²) in [4.78, 5) is 20.8. The Hall–Kier alpha value is -2.37. The molecule has 0 radical (unpaired) electrons. The number of hydrogen-bond donors (Lipinski definition) is 3. The molecular formula is C10H9FN2O3. The summed E-state index contributed by atoms with van der Waals surface area (Å²) >= 11 is 0. The highest BCUT2D eigenvalue weighted by atomic mass is 19.1. The molecule has 0 atom stereocenters. The summed E-state index contributed by atoms with van der Waals surface area (Å²) in [6.45, 7) is 0. The molecule has 1 aromatic carbocycles. The van der Waals surface area contributed by atoms with Crippen LogP contribution in [0.3, 0.4) is 0 Å². The van der Waals surface area contributed by atoms with E-state index in [1.165, 1.54) is 12.1 Å². The lowest BCUT2D eigenvalue weighted by atomic mass is 10.1. The van der Waals surface area contributed by atoms with Gasteiger partial charge in [-0.3, -0.25) is 0 Å². The Morgan fingerprint density at radius 1 is 1.44 bits per heavy atom. The van der Waals surface area contributed by atoms with Gasteiger partial charge in [-0.1, -0.05) is 0 Å². The molecule has 0 unspecified atom stereocenters. The van der Waals surface area contributed by atoms with Gasteiger partial charge in [-0.2, -0.15) is 0 Å². The van der Waals surface area contributed by atoms with Crippen molar-refractivity contribution in [2.45, 2.75) is 0 Å². The van der Waals surface area contributed by atoms with Crippen molar-refractivity contribution in [2.24, 2.45) is 5.73 Å². The highest BCUT2D eigenvalue weighted by Gasteiger charge is 2.02. The van der Waals surface area contributed by atoms with Crippen LogP contribution in [0.5, 0.6) is 0 Å². The van der Waals surface area contributed by atoms with Crippen molar-refractivity contribution in [3.63, 3.8) is 0 Å². The van der Waals surface area contributed by atoms with E-state index in [1.54, 1.807) is 0 Å². The van der Waals surface area contributed by atoms with E-state index < -0.39 is 17.8 Å². The van der Waals surface area contributed by atoms with Crippen LogP contribution in [0.4, 0.5) is 14.9 Å². The van der Waals surface area contributed by atoms with E-state index in [4.69, 9.17) is 10.8 Å². The lowest BCUT2D eigenvalue weighted by molar-refractivity contribution is -0.131. The van der Waals surface area contributed by atoms with Crippen molar-refractivity contribution < 1.29 is 19.1 Å². The van der Waals surface area contributed by atoms with Gasteiger partial charge in [0.2, 0.25) is 0 Å². The average Bonchev–Trinajstić information content (AvgIpc) is 2.18. The van der Waals surface area contributed by atoms with Gasteiger partial charge >= 0.3 is 12.0 Å². The summed E-state index contributed by atoms with van der Waals surface area (Å²) in [5.41, 5.74) is 5.22. The van der Waals surface area contributed by atoms with Crippen molar-refractivity contribution in [2.75, 3.05) is 5.32 Å². The van der Waals surface area contributed by atoms with Gasteiger partial charge in [0.1, 0.15) is 5.82 Å². The third kappa shape index (κ3) is 3.41. The number of primary amides is 1. The molecule has 0 saturated heterocycles. The Morgan fingerprint density at radius 2 is 2.12 bits per heavy atom. The molecule has 0 aliphatic rings. The van der Waals surface area contributed by atoms with E-state index in [9.17, 15) is 14.0 Å². The zero-order valence-electron chi connectivity index (χ0n) is 8.11. The van der Waals surface area contributed by atoms with Crippen LogP contribution in [0, 0.1) is 5.82 Å². The lowest BCUT2D eigenvalue weighted by Gasteiger charge is -2.03. The molecule has 0 aliphatic carbocycles. The smallest absolute Gasteiger partial charge is 0.328 e. The molecule has 0 bridgehead atoms. The van der Waals surface area contributed by atoms with E-state index >= 15 is 0 Å². The summed E-state index contributed by atoms with van der Waals surface area (Å²) in [6.07, 6.45) is 1.89. The molecule has 16 heavy (non-hydrogen) atoms. The number of aliphatic carboxylic acids is 1. The molecule has 1 rings (SSSR count). The maximum Gasteiger partial charge on any atom is 0.328 e. The minimum atomic E-state index is -1.19. The van der Waals surface area contributed by atoms with Crippen LogP contribution in [0.15, 0.2) is 24.3 Å². The number of carbonyl (C=O) groups excluding carboxylic acids is 1. The summed E-state index contributed by atoms with van der Waals surface area (Å²) < 4.78 is 13.2. The molecule has 5 nitrogen and oxygen atoms in total. The van der Waals surface area contributed by atoms with Crippen molar-refractivity contribution in [1.82, 2.24) is 0 Å². The van der Waals surface area contributed by atoms with Crippen LogP contribution in [-0.4, -0.2) is 17.1 Å². The van der Waals surface area contributed by atoms with Crippen LogP contribution in [0.25, 0.3) is 6.08 Å². The van der Waals surface area contributed by atoms with Gasteiger partial charge in [-0.25, -0.2) is 14.0 Å². The quantitative estimate of drug-likeness (QED) is 0.678. The van der Waals surface area contributed by atoms with Gasteiger partial charge in [-0.05, 0) is 24.3 Å². The van der Waals surface area contributed by atoms with E-state index in [0.717, 1.165) is 18.2 Å². The third-order valence-electron chi connectivity index (χ3n) is 1.67. The largest absolute Gasteiger partial charge is 0.478 e. The Kier molecular flexibility index (Phi) is 3.60. The van der Waals surface area contributed by atoms with Gasteiger partial charge in [0.15, 0.2) is 0 Å². The number of benzene rings is 1. The normalized spacial score (nSPS) is 10.3.